The number of anilines is 2. The molecule has 1 aliphatic heterocycles. The van der Waals surface area contributed by atoms with Gasteiger partial charge in [0, 0.05) is 36.4 Å². The molecule has 2 rings (SSSR count). The van der Waals surface area contributed by atoms with Gasteiger partial charge in [-0.05, 0) is 37.5 Å². The molecule has 0 aliphatic carbocycles. The van der Waals surface area contributed by atoms with Gasteiger partial charge in [-0.1, -0.05) is 19.8 Å². The highest BCUT2D eigenvalue weighted by Crippen LogP contribution is 2.29. The Balaban J connectivity index is 2.20. The fraction of sp³-hybridized carbons (Fsp3) is 0.588. The van der Waals surface area contributed by atoms with Crippen molar-refractivity contribution in [2.75, 3.05) is 23.3 Å². The molecule has 0 atom stereocenters. The Morgan fingerprint density at radius 2 is 1.91 bits per heavy atom. The van der Waals surface area contributed by atoms with Crippen LogP contribution in [0.1, 0.15) is 57.3 Å². The van der Waals surface area contributed by atoms with Gasteiger partial charge < -0.3 is 20.4 Å². The van der Waals surface area contributed by atoms with E-state index in [1.807, 2.05) is 13.0 Å². The summed E-state index contributed by atoms with van der Waals surface area (Å²) in [7, 11) is 0. The highest BCUT2D eigenvalue weighted by atomic mass is 16.5. The maximum atomic E-state index is 11.7. The normalized spacial score (nSPS) is 15.7. The second-order valence-corrected chi connectivity index (χ2v) is 5.84. The molecule has 1 aliphatic rings. The van der Waals surface area contributed by atoms with E-state index in [-0.39, 0.29) is 5.91 Å². The smallest absolute Gasteiger partial charge is 0.224 e. The fourth-order valence-corrected chi connectivity index (χ4v) is 2.84. The first-order chi connectivity index (χ1) is 10.6. The zero-order chi connectivity index (χ0) is 15.9. The highest BCUT2D eigenvalue weighted by molar-refractivity contribution is 5.91. The third-order valence-corrected chi connectivity index (χ3v) is 4.04. The van der Waals surface area contributed by atoms with E-state index in [1.54, 1.807) is 12.1 Å². The van der Waals surface area contributed by atoms with Crippen LogP contribution in [-0.2, 0) is 4.79 Å². The van der Waals surface area contributed by atoms with Crippen molar-refractivity contribution in [1.29, 1.82) is 0 Å². The van der Waals surface area contributed by atoms with Gasteiger partial charge in [0.05, 0.1) is 0 Å². The summed E-state index contributed by atoms with van der Waals surface area (Å²) in [4.78, 5) is 14.0. The number of nitrogens with zero attached hydrogens (tertiary/aromatic N) is 1. The van der Waals surface area contributed by atoms with Crippen molar-refractivity contribution >= 4 is 17.3 Å². The molecule has 0 radical (unpaired) electrons. The van der Waals surface area contributed by atoms with Gasteiger partial charge in [-0.3, -0.25) is 4.79 Å². The van der Waals surface area contributed by atoms with Crippen LogP contribution in [0.4, 0.5) is 11.4 Å². The van der Waals surface area contributed by atoms with E-state index in [2.05, 4.69) is 10.2 Å². The summed E-state index contributed by atoms with van der Waals surface area (Å²) in [6.07, 6.45) is 4.40. The number of rotatable bonds is 5. The molecule has 122 valence electrons. The Bertz CT molecular complexity index is 495. The van der Waals surface area contributed by atoms with Crippen LogP contribution in [0.3, 0.4) is 0 Å². The average Bonchev–Trinajstić information content (AvgIpc) is 2.76. The molecule has 1 aromatic carbocycles. The molecule has 5 nitrogen and oxygen atoms in total. The Morgan fingerprint density at radius 3 is 2.50 bits per heavy atom. The topological polar surface area (TPSA) is 72.8 Å². The Kier molecular flexibility index (Phi) is 6.21. The van der Waals surface area contributed by atoms with E-state index in [0.29, 0.717) is 17.7 Å². The van der Waals surface area contributed by atoms with Crippen LogP contribution in [0.5, 0.6) is 0 Å². The third-order valence-electron chi connectivity index (χ3n) is 4.04. The second-order valence-electron chi connectivity index (χ2n) is 5.84. The van der Waals surface area contributed by atoms with Crippen LogP contribution in [0.2, 0.25) is 0 Å². The maximum Gasteiger partial charge on any atom is 0.224 e. The minimum absolute atomic E-state index is 0.105. The molecule has 0 aromatic heterocycles. The summed E-state index contributed by atoms with van der Waals surface area (Å²) in [6.45, 7) is 3.91. The van der Waals surface area contributed by atoms with Crippen molar-refractivity contribution in [1.82, 2.24) is 0 Å². The number of carbonyl (C=O) groups is 1. The summed E-state index contributed by atoms with van der Waals surface area (Å²) in [5.74, 6) is -0.105. The third kappa shape index (κ3) is 4.45. The number of amides is 1. The number of carbonyl (C=O) groups excluding carboxylic acids is 1. The van der Waals surface area contributed by atoms with Gasteiger partial charge in [-0.2, -0.15) is 0 Å². The lowest BCUT2D eigenvalue weighted by Gasteiger charge is -2.24. The predicted octanol–water partition coefficient (Wildman–Crippen LogP) is 2.79. The lowest BCUT2D eigenvalue weighted by atomic mass is 10.1. The van der Waals surface area contributed by atoms with Gasteiger partial charge in [0.2, 0.25) is 5.91 Å². The molecule has 1 fully saturated rings. The molecule has 0 bridgehead atoms. The molecule has 1 heterocycles. The molecule has 0 spiro atoms. The first-order valence-electron chi connectivity index (χ1n) is 8.16. The van der Waals surface area contributed by atoms with Gasteiger partial charge in [0.1, 0.15) is 0 Å². The van der Waals surface area contributed by atoms with E-state index < -0.39 is 6.29 Å². The van der Waals surface area contributed by atoms with E-state index >= 15 is 0 Å². The predicted molar refractivity (Wildman–Crippen MR) is 87.8 cm³/mol. The Labute approximate surface area is 131 Å². The van der Waals surface area contributed by atoms with Crippen molar-refractivity contribution in [3.8, 4) is 0 Å². The number of aliphatic hydroxyl groups excluding tert-OH is 1. The van der Waals surface area contributed by atoms with Crippen molar-refractivity contribution in [2.45, 2.75) is 51.7 Å². The fourth-order valence-electron chi connectivity index (χ4n) is 2.84. The van der Waals surface area contributed by atoms with Crippen LogP contribution in [0.15, 0.2) is 18.2 Å². The van der Waals surface area contributed by atoms with Crippen molar-refractivity contribution < 1.29 is 15.0 Å². The monoisotopic (exact) mass is 306 g/mol. The largest absolute Gasteiger partial charge is 0.372 e. The molecule has 22 heavy (non-hydrogen) atoms. The van der Waals surface area contributed by atoms with Crippen molar-refractivity contribution in [2.24, 2.45) is 0 Å². The number of hydrogen-bond acceptors (Lipinski definition) is 4. The SMILES string of the molecule is CCCC(=O)Nc1ccc(N2CCCCCC2)cc1C(O)O. The van der Waals surface area contributed by atoms with Crippen LogP contribution in [-0.4, -0.2) is 29.2 Å². The molecule has 5 heteroatoms. The van der Waals surface area contributed by atoms with Gasteiger partial charge >= 0.3 is 0 Å². The van der Waals surface area contributed by atoms with Gasteiger partial charge in [-0.15, -0.1) is 0 Å². The summed E-state index contributed by atoms with van der Waals surface area (Å²) in [5.41, 5.74) is 1.82. The van der Waals surface area contributed by atoms with Crippen molar-refractivity contribution in [3.05, 3.63) is 23.8 Å². The van der Waals surface area contributed by atoms with Crippen LogP contribution < -0.4 is 10.2 Å². The maximum absolute atomic E-state index is 11.7. The quantitative estimate of drug-likeness (QED) is 0.731. The number of nitrogens with one attached hydrogen (secondary N) is 1. The molecule has 3 N–H and O–H groups in total. The highest BCUT2D eigenvalue weighted by Gasteiger charge is 2.16. The van der Waals surface area contributed by atoms with Crippen LogP contribution in [0.25, 0.3) is 0 Å². The van der Waals surface area contributed by atoms with E-state index in [4.69, 9.17) is 0 Å². The Morgan fingerprint density at radius 1 is 1.23 bits per heavy atom. The van der Waals surface area contributed by atoms with Crippen molar-refractivity contribution in [3.63, 3.8) is 0 Å². The number of benzene rings is 1. The van der Waals surface area contributed by atoms with E-state index in [1.165, 1.54) is 12.8 Å². The van der Waals surface area contributed by atoms with E-state index in [9.17, 15) is 15.0 Å². The van der Waals surface area contributed by atoms with E-state index in [0.717, 1.165) is 38.0 Å². The summed E-state index contributed by atoms with van der Waals surface area (Å²) >= 11 is 0. The minimum Gasteiger partial charge on any atom is -0.372 e. The first-order valence-corrected chi connectivity index (χ1v) is 8.16. The van der Waals surface area contributed by atoms with Gasteiger partial charge in [0.15, 0.2) is 6.29 Å². The number of aliphatic hydroxyl groups is 2. The molecular weight excluding hydrogens is 280 g/mol. The molecule has 1 saturated heterocycles. The number of hydrogen-bond donors (Lipinski definition) is 3. The molecule has 1 amide bonds. The molecule has 0 unspecified atom stereocenters. The molecule has 1 aromatic rings. The average molecular weight is 306 g/mol. The molecule has 0 saturated carbocycles. The minimum atomic E-state index is -1.59. The summed E-state index contributed by atoms with van der Waals surface area (Å²) < 4.78 is 0. The van der Waals surface area contributed by atoms with Gasteiger partial charge in [-0.25, -0.2) is 0 Å². The lowest BCUT2D eigenvalue weighted by Crippen LogP contribution is -2.24. The first kappa shape index (κ1) is 16.8. The zero-order valence-electron chi connectivity index (χ0n) is 13.2. The molecular formula is C17H26N2O3. The van der Waals surface area contributed by atoms with Crippen LogP contribution >= 0.6 is 0 Å². The summed E-state index contributed by atoms with van der Waals surface area (Å²) in [6, 6.07) is 5.48. The van der Waals surface area contributed by atoms with Crippen LogP contribution in [0, 0.1) is 0 Å². The Hall–Kier alpha value is -1.59. The van der Waals surface area contributed by atoms with Gasteiger partial charge in [0.25, 0.3) is 0 Å². The second kappa shape index (κ2) is 8.15. The standard InChI is InChI=1S/C17H26N2O3/c1-2-7-16(20)18-15-9-8-13(12-14(15)17(21)22)19-10-5-3-4-6-11-19/h8-9,12,17,21-22H,2-7,10-11H2,1H3,(H,18,20). The zero-order valence-corrected chi connectivity index (χ0v) is 13.2. The lowest BCUT2D eigenvalue weighted by molar-refractivity contribution is -0.116. The summed E-state index contributed by atoms with van der Waals surface area (Å²) in [5, 5.41) is 22.0.